The van der Waals surface area contributed by atoms with Gasteiger partial charge in [-0.25, -0.2) is 4.98 Å². The van der Waals surface area contributed by atoms with Crippen LogP contribution in [0.2, 0.25) is 5.02 Å². The molecule has 2 aromatic heterocycles. The molecule has 0 saturated carbocycles. The maximum absolute atomic E-state index is 8.72. The molecule has 2 rings (SSSR count). The van der Waals surface area contributed by atoms with E-state index in [9.17, 15) is 0 Å². The summed E-state index contributed by atoms with van der Waals surface area (Å²) in [6, 6.07) is 3.91. The molecule has 0 radical (unpaired) electrons. The Balaban J connectivity index is 2.81. The molecule has 3 nitrogen and oxygen atoms in total. The lowest BCUT2D eigenvalue weighted by molar-refractivity contribution is 1.03. The zero-order valence-electron chi connectivity index (χ0n) is 7.96. The molecular weight excluding hydrogens is 277 g/mol. The second-order valence-electron chi connectivity index (χ2n) is 3.18. The molecule has 0 N–H and O–H groups in total. The molecule has 0 aliphatic heterocycles. The van der Waals surface area contributed by atoms with E-state index >= 15 is 0 Å². The van der Waals surface area contributed by atoms with Crippen molar-refractivity contribution in [2.45, 2.75) is 13.3 Å². The highest BCUT2D eigenvalue weighted by Crippen LogP contribution is 2.24. The van der Waals surface area contributed by atoms with Crippen LogP contribution < -0.4 is 0 Å². The predicted octanol–water partition coefficient (Wildman–Crippen LogP) is 3.12. The number of aryl methyl sites for hydroxylation is 1. The summed E-state index contributed by atoms with van der Waals surface area (Å²) in [5.41, 5.74) is 2.54. The van der Waals surface area contributed by atoms with E-state index < -0.39 is 0 Å². The molecule has 15 heavy (non-hydrogen) atoms. The zero-order valence-corrected chi connectivity index (χ0v) is 10.3. The largest absolute Gasteiger partial charge is 0.300 e. The van der Waals surface area contributed by atoms with Gasteiger partial charge in [0.05, 0.1) is 33.4 Å². The molecule has 0 unspecified atom stereocenters. The van der Waals surface area contributed by atoms with Gasteiger partial charge in [0.1, 0.15) is 0 Å². The van der Waals surface area contributed by atoms with Crippen molar-refractivity contribution in [3.05, 3.63) is 33.1 Å². The number of nitrogens with zero attached hydrogens (tertiary/aromatic N) is 3. The summed E-state index contributed by atoms with van der Waals surface area (Å²) in [5.74, 6) is 0. The van der Waals surface area contributed by atoms with Gasteiger partial charge in [-0.05, 0) is 28.9 Å². The van der Waals surface area contributed by atoms with Crippen LogP contribution in [0.15, 0.2) is 16.7 Å². The van der Waals surface area contributed by atoms with E-state index in [0.717, 1.165) is 21.5 Å². The fraction of sp³-hybridized carbons (Fsp3) is 0.200. The average molecular weight is 285 g/mol. The average Bonchev–Trinajstić information content (AvgIpc) is 2.46. The number of aromatic nitrogens is 2. The van der Waals surface area contributed by atoms with Gasteiger partial charge in [0, 0.05) is 6.20 Å². The van der Waals surface area contributed by atoms with Crippen molar-refractivity contribution < 1.29 is 0 Å². The van der Waals surface area contributed by atoms with Gasteiger partial charge in [0.15, 0.2) is 5.65 Å². The summed E-state index contributed by atoms with van der Waals surface area (Å²) in [5, 5.41) is 9.34. The van der Waals surface area contributed by atoms with Crippen LogP contribution in [0.3, 0.4) is 0 Å². The minimum Gasteiger partial charge on any atom is -0.300 e. The van der Waals surface area contributed by atoms with Crippen LogP contribution in [0.1, 0.15) is 11.4 Å². The van der Waals surface area contributed by atoms with Crippen molar-refractivity contribution in [1.82, 2.24) is 9.38 Å². The molecule has 5 heteroatoms. The van der Waals surface area contributed by atoms with Gasteiger partial charge in [-0.15, -0.1) is 0 Å². The van der Waals surface area contributed by atoms with Crippen LogP contribution in [0.5, 0.6) is 0 Å². The van der Waals surface area contributed by atoms with Crippen molar-refractivity contribution in [1.29, 1.82) is 5.26 Å². The van der Waals surface area contributed by atoms with E-state index in [1.807, 2.05) is 11.3 Å². The van der Waals surface area contributed by atoms with Gasteiger partial charge in [0.25, 0.3) is 0 Å². The van der Waals surface area contributed by atoms with Gasteiger partial charge in [0.2, 0.25) is 0 Å². The molecule has 0 fully saturated rings. The number of fused-ring (bicyclic) bond motifs is 1. The molecule has 0 spiro atoms. The molecule has 2 heterocycles. The molecule has 0 amide bonds. The van der Waals surface area contributed by atoms with E-state index in [1.165, 1.54) is 0 Å². The van der Waals surface area contributed by atoms with Crippen molar-refractivity contribution >= 4 is 33.2 Å². The molecule has 76 valence electrons. The fourth-order valence-corrected chi connectivity index (χ4v) is 2.39. The Morgan fingerprint density at radius 2 is 2.40 bits per heavy atom. The number of imidazole rings is 1. The van der Waals surface area contributed by atoms with Gasteiger partial charge in [-0.2, -0.15) is 5.26 Å². The highest BCUT2D eigenvalue weighted by atomic mass is 79.9. The minimum atomic E-state index is 0.333. The first-order valence-electron chi connectivity index (χ1n) is 4.33. The smallest absolute Gasteiger partial charge is 0.151 e. The number of nitriles is 1. The van der Waals surface area contributed by atoms with Crippen LogP contribution in [-0.4, -0.2) is 9.38 Å². The Morgan fingerprint density at radius 1 is 1.67 bits per heavy atom. The van der Waals surface area contributed by atoms with Gasteiger partial charge in [-0.3, -0.25) is 0 Å². The summed E-state index contributed by atoms with van der Waals surface area (Å²) in [4.78, 5) is 4.38. The summed E-state index contributed by atoms with van der Waals surface area (Å²) < 4.78 is 2.69. The van der Waals surface area contributed by atoms with Crippen molar-refractivity contribution in [3.63, 3.8) is 0 Å². The highest BCUT2D eigenvalue weighted by Gasteiger charge is 2.11. The van der Waals surface area contributed by atoms with E-state index in [-0.39, 0.29) is 0 Å². The molecule has 0 bridgehead atoms. The summed E-state index contributed by atoms with van der Waals surface area (Å²) in [6.45, 7) is 1.89. The van der Waals surface area contributed by atoms with Crippen LogP contribution in [0.4, 0.5) is 0 Å². The summed E-state index contributed by atoms with van der Waals surface area (Å²) >= 11 is 9.34. The monoisotopic (exact) mass is 283 g/mol. The molecular formula is C10H7BrClN3. The third kappa shape index (κ3) is 1.73. The third-order valence-corrected chi connectivity index (χ3v) is 2.98. The number of hydrogen-bond donors (Lipinski definition) is 0. The topological polar surface area (TPSA) is 41.1 Å². The molecule has 0 saturated heterocycles. The molecule has 0 aromatic carbocycles. The fourth-order valence-electron chi connectivity index (χ4n) is 1.52. The lowest BCUT2D eigenvalue weighted by atomic mass is 10.3. The molecule has 0 aliphatic rings. The summed E-state index contributed by atoms with van der Waals surface area (Å²) in [6.07, 6.45) is 2.11. The zero-order chi connectivity index (χ0) is 11.0. The Kier molecular flexibility index (Phi) is 2.68. The normalized spacial score (nSPS) is 10.5. The number of hydrogen-bond acceptors (Lipinski definition) is 2. The number of rotatable bonds is 1. The first-order chi connectivity index (χ1) is 7.13. The number of halogens is 2. The third-order valence-electron chi connectivity index (χ3n) is 2.19. The van der Waals surface area contributed by atoms with Crippen molar-refractivity contribution in [2.24, 2.45) is 0 Å². The Labute approximate surface area is 100 Å². The molecule has 0 aliphatic carbocycles. The van der Waals surface area contributed by atoms with Crippen LogP contribution in [0, 0.1) is 18.3 Å². The minimum absolute atomic E-state index is 0.333. The predicted molar refractivity (Wildman–Crippen MR) is 62.0 cm³/mol. The SMILES string of the molecule is Cc1nc2c(Br)cc(Cl)cn2c1CC#N. The second kappa shape index (κ2) is 3.84. The van der Waals surface area contributed by atoms with E-state index in [4.69, 9.17) is 16.9 Å². The Bertz CT molecular complexity index is 568. The van der Waals surface area contributed by atoms with Crippen molar-refractivity contribution in [3.8, 4) is 6.07 Å². The molecule has 2 aromatic rings. The summed E-state index contributed by atoms with van der Waals surface area (Å²) in [7, 11) is 0. The number of pyridine rings is 1. The van der Waals surface area contributed by atoms with Crippen molar-refractivity contribution in [2.75, 3.05) is 0 Å². The lowest BCUT2D eigenvalue weighted by Crippen LogP contribution is -1.93. The van der Waals surface area contributed by atoms with E-state index in [1.54, 1.807) is 12.3 Å². The Morgan fingerprint density at radius 3 is 3.07 bits per heavy atom. The Hall–Kier alpha value is -1.05. The second-order valence-corrected chi connectivity index (χ2v) is 4.47. The van der Waals surface area contributed by atoms with Gasteiger partial charge < -0.3 is 4.40 Å². The van der Waals surface area contributed by atoms with Gasteiger partial charge >= 0.3 is 0 Å². The quantitative estimate of drug-likeness (QED) is 0.807. The van der Waals surface area contributed by atoms with Crippen LogP contribution >= 0.6 is 27.5 Å². The van der Waals surface area contributed by atoms with E-state index in [2.05, 4.69) is 27.0 Å². The van der Waals surface area contributed by atoms with Crippen LogP contribution in [-0.2, 0) is 6.42 Å². The lowest BCUT2D eigenvalue weighted by Gasteiger charge is -2.00. The van der Waals surface area contributed by atoms with E-state index in [0.29, 0.717) is 11.4 Å². The first kappa shape index (κ1) is 10.5. The standard InChI is InChI=1S/C10H7BrClN3/c1-6-9(2-3-13)15-5-7(12)4-8(11)10(15)14-6/h4-5H,2H2,1H3. The first-order valence-corrected chi connectivity index (χ1v) is 5.50. The van der Waals surface area contributed by atoms with Gasteiger partial charge in [-0.1, -0.05) is 11.6 Å². The maximum Gasteiger partial charge on any atom is 0.151 e. The van der Waals surface area contributed by atoms with Crippen LogP contribution in [0.25, 0.3) is 5.65 Å². The highest BCUT2D eigenvalue weighted by molar-refractivity contribution is 9.10. The molecule has 0 atom stereocenters. The maximum atomic E-state index is 8.72.